The Balaban J connectivity index is 1.45. The fraction of sp³-hybridized carbons (Fsp3) is 0.182. The van der Waals surface area contributed by atoms with E-state index in [1.54, 1.807) is 23.1 Å². The van der Waals surface area contributed by atoms with Crippen LogP contribution in [0.2, 0.25) is 0 Å². The van der Waals surface area contributed by atoms with Gasteiger partial charge in [-0.2, -0.15) is 5.10 Å². The lowest BCUT2D eigenvalue weighted by Crippen LogP contribution is -2.27. The Labute approximate surface area is 178 Å². The lowest BCUT2D eigenvalue weighted by molar-refractivity contribution is 0.0940. The maximum absolute atomic E-state index is 12.8. The zero-order valence-corrected chi connectivity index (χ0v) is 17.8. The predicted octanol–water partition coefficient (Wildman–Crippen LogP) is 4.48. The molecule has 0 fully saturated rings. The van der Waals surface area contributed by atoms with E-state index < -0.39 is 0 Å². The third-order valence-electron chi connectivity index (χ3n) is 4.89. The van der Waals surface area contributed by atoms with Crippen LogP contribution in [-0.4, -0.2) is 25.7 Å². The first kappa shape index (κ1) is 19.8. The van der Waals surface area contributed by atoms with Crippen molar-refractivity contribution in [3.63, 3.8) is 0 Å². The summed E-state index contributed by atoms with van der Waals surface area (Å²) in [6.45, 7) is 3.95. The van der Waals surface area contributed by atoms with E-state index in [1.807, 2.05) is 62.7 Å². The molecule has 0 spiro atoms. The van der Waals surface area contributed by atoms with E-state index in [0.717, 1.165) is 33.5 Å². The Morgan fingerprint density at radius 3 is 2.77 bits per heavy atom. The molecular weight excluding hydrogens is 396 g/mol. The molecule has 0 bridgehead atoms. The monoisotopic (exact) mass is 418 g/mol. The van der Waals surface area contributed by atoms with Crippen molar-refractivity contribution in [1.29, 1.82) is 0 Å². The number of aryl methyl sites for hydroxylation is 1. The van der Waals surface area contributed by atoms with Gasteiger partial charge in [0.15, 0.2) is 5.13 Å². The van der Waals surface area contributed by atoms with Gasteiger partial charge < -0.3 is 10.6 Å². The van der Waals surface area contributed by atoms with Crippen LogP contribution >= 0.6 is 11.3 Å². The SMILES string of the molecule is Cc1c(C(C)NC(=O)c2cccc(Nc3nc(-c4ccccn4)cs3)c2)cnn1C. The van der Waals surface area contributed by atoms with Crippen molar-refractivity contribution in [2.75, 3.05) is 5.32 Å². The predicted molar refractivity (Wildman–Crippen MR) is 119 cm³/mol. The highest BCUT2D eigenvalue weighted by molar-refractivity contribution is 7.14. The van der Waals surface area contributed by atoms with Crippen LogP contribution in [0.25, 0.3) is 11.4 Å². The van der Waals surface area contributed by atoms with E-state index >= 15 is 0 Å². The van der Waals surface area contributed by atoms with Crippen molar-refractivity contribution in [1.82, 2.24) is 25.1 Å². The van der Waals surface area contributed by atoms with Crippen molar-refractivity contribution in [3.05, 3.63) is 77.1 Å². The molecule has 4 rings (SSSR count). The molecule has 1 aromatic carbocycles. The highest BCUT2D eigenvalue weighted by Gasteiger charge is 2.16. The van der Waals surface area contributed by atoms with Crippen LogP contribution in [0.1, 0.15) is 34.6 Å². The number of carbonyl (C=O) groups is 1. The molecule has 1 unspecified atom stereocenters. The van der Waals surface area contributed by atoms with Crippen molar-refractivity contribution in [2.24, 2.45) is 7.05 Å². The Hall–Kier alpha value is -3.52. The van der Waals surface area contributed by atoms with E-state index in [0.29, 0.717) is 5.56 Å². The first-order chi connectivity index (χ1) is 14.5. The molecule has 2 N–H and O–H groups in total. The van der Waals surface area contributed by atoms with Gasteiger partial charge in [0.25, 0.3) is 5.91 Å². The van der Waals surface area contributed by atoms with Crippen LogP contribution in [0.4, 0.5) is 10.8 Å². The summed E-state index contributed by atoms with van der Waals surface area (Å²) in [5.74, 6) is -0.136. The maximum Gasteiger partial charge on any atom is 0.251 e. The summed E-state index contributed by atoms with van der Waals surface area (Å²) in [6, 6.07) is 13.0. The normalized spacial score (nSPS) is 11.8. The van der Waals surface area contributed by atoms with Gasteiger partial charge in [0.05, 0.1) is 17.9 Å². The first-order valence-corrected chi connectivity index (χ1v) is 10.4. The molecule has 7 nitrogen and oxygen atoms in total. The third-order valence-corrected chi connectivity index (χ3v) is 5.65. The molecule has 3 heterocycles. The molecule has 0 aliphatic carbocycles. The number of anilines is 2. The third kappa shape index (κ3) is 4.23. The van der Waals surface area contributed by atoms with Gasteiger partial charge in [-0.3, -0.25) is 14.5 Å². The van der Waals surface area contributed by atoms with Crippen molar-refractivity contribution < 1.29 is 4.79 Å². The summed E-state index contributed by atoms with van der Waals surface area (Å²) in [7, 11) is 1.89. The van der Waals surface area contributed by atoms with E-state index in [9.17, 15) is 4.79 Å². The largest absolute Gasteiger partial charge is 0.345 e. The number of rotatable bonds is 6. The van der Waals surface area contributed by atoms with E-state index in [1.165, 1.54) is 11.3 Å². The molecule has 0 saturated carbocycles. The van der Waals surface area contributed by atoms with Crippen LogP contribution in [-0.2, 0) is 7.05 Å². The van der Waals surface area contributed by atoms with Crippen LogP contribution < -0.4 is 10.6 Å². The Kier molecular flexibility index (Phi) is 5.58. The number of carbonyl (C=O) groups excluding carboxylic acids is 1. The average molecular weight is 419 g/mol. The van der Waals surface area contributed by atoms with Crippen molar-refractivity contribution in [2.45, 2.75) is 19.9 Å². The second-order valence-electron chi connectivity index (χ2n) is 6.96. The number of nitrogens with one attached hydrogen (secondary N) is 2. The van der Waals surface area contributed by atoms with E-state index in [2.05, 4.69) is 25.7 Å². The van der Waals surface area contributed by atoms with E-state index in [4.69, 9.17) is 0 Å². The molecule has 0 radical (unpaired) electrons. The van der Waals surface area contributed by atoms with Gasteiger partial charge in [-0.05, 0) is 44.2 Å². The van der Waals surface area contributed by atoms with Gasteiger partial charge in [0, 0.05) is 41.1 Å². The minimum absolute atomic E-state index is 0.136. The Morgan fingerprint density at radius 1 is 1.17 bits per heavy atom. The summed E-state index contributed by atoms with van der Waals surface area (Å²) >= 11 is 1.49. The van der Waals surface area contributed by atoms with Gasteiger partial charge in [-0.25, -0.2) is 4.98 Å². The first-order valence-electron chi connectivity index (χ1n) is 9.54. The number of nitrogens with zero attached hydrogens (tertiary/aromatic N) is 4. The Morgan fingerprint density at radius 2 is 2.03 bits per heavy atom. The minimum Gasteiger partial charge on any atom is -0.345 e. The number of aromatic nitrogens is 4. The zero-order chi connectivity index (χ0) is 21.1. The Bertz CT molecular complexity index is 1170. The fourth-order valence-corrected chi connectivity index (χ4v) is 3.85. The minimum atomic E-state index is -0.136. The quantitative estimate of drug-likeness (QED) is 0.482. The molecule has 152 valence electrons. The number of pyridine rings is 1. The molecule has 0 aliphatic rings. The molecule has 30 heavy (non-hydrogen) atoms. The number of hydrogen-bond donors (Lipinski definition) is 2. The van der Waals surface area contributed by atoms with Gasteiger partial charge in [0.1, 0.15) is 5.69 Å². The lowest BCUT2D eigenvalue weighted by atomic mass is 10.1. The molecule has 1 atom stereocenters. The van der Waals surface area contributed by atoms with Gasteiger partial charge in [-0.15, -0.1) is 11.3 Å². The molecule has 8 heteroatoms. The highest BCUT2D eigenvalue weighted by atomic mass is 32.1. The van der Waals surface area contributed by atoms with Gasteiger partial charge in [-0.1, -0.05) is 12.1 Å². The molecule has 0 aliphatic heterocycles. The second kappa shape index (κ2) is 8.46. The van der Waals surface area contributed by atoms with Crippen molar-refractivity contribution in [3.8, 4) is 11.4 Å². The standard InChI is InChI=1S/C22H22N6OS/c1-14(18-12-24-28(3)15(18)2)25-21(29)16-7-6-8-17(11-16)26-22-27-20(13-30-22)19-9-4-5-10-23-19/h4-14H,1-3H3,(H,25,29)(H,26,27). The van der Waals surface area contributed by atoms with Crippen LogP contribution in [0.3, 0.4) is 0 Å². The molecular formula is C22H22N6OS. The summed E-state index contributed by atoms with van der Waals surface area (Å²) < 4.78 is 1.80. The van der Waals surface area contributed by atoms with Crippen LogP contribution in [0.15, 0.2) is 60.2 Å². The number of hydrogen-bond acceptors (Lipinski definition) is 6. The van der Waals surface area contributed by atoms with Crippen LogP contribution in [0, 0.1) is 6.92 Å². The summed E-state index contributed by atoms with van der Waals surface area (Å²) in [6.07, 6.45) is 3.54. The summed E-state index contributed by atoms with van der Waals surface area (Å²) in [5.41, 5.74) is 5.06. The fourth-order valence-electron chi connectivity index (χ4n) is 3.12. The van der Waals surface area contributed by atoms with Crippen LogP contribution in [0.5, 0.6) is 0 Å². The zero-order valence-electron chi connectivity index (χ0n) is 17.0. The maximum atomic E-state index is 12.8. The van der Waals surface area contributed by atoms with Gasteiger partial charge >= 0.3 is 0 Å². The van der Waals surface area contributed by atoms with Crippen molar-refractivity contribution >= 4 is 28.1 Å². The second-order valence-corrected chi connectivity index (χ2v) is 7.82. The van der Waals surface area contributed by atoms with E-state index in [-0.39, 0.29) is 11.9 Å². The summed E-state index contributed by atoms with van der Waals surface area (Å²) in [4.78, 5) is 21.7. The van der Waals surface area contributed by atoms with Gasteiger partial charge in [0.2, 0.25) is 0 Å². The number of amides is 1. The topological polar surface area (TPSA) is 84.7 Å². The molecule has 0 saturated heterocycles. The highest BCUT2D eigenvalue weighted by Crippen LogP contribution is 2.26. The molecule has 1 amide bonds. The lowest BCUT2D eigenvalue weighted by Gasteiger charge is -2.14. The average Bonchev–Trinajstić information content (AvgIpc) is 3.36. The summed E-state index contributed by atoms with van der Waals surface area (Å²) in [5, 5.41) is 13.3. The molecule has 4 aromatic rings. The molecule has 3 aromatic heterocycles. The smallest absolute Gasteiger partial charge is 0.251 e. The number of thiazole rings is 1. The number of benzene rings is 1.